The highest BCUT2D eigenvalue weighted by molar-refractivity contribution is 5.95. The fourth-order valence-corrected chi connectivity index (χ4v) is 3.22. The van der Waals surface area contributed by atoms with Gasteiger partial charge in [0.15, 0.2) is 11.9 Å². The van der Waals surface area contributed by atoms with Gasteiger partial charge in [-0.1, -0.05) is 27.2 Å². The summed E-state index contributed by atoms with van der Waals surface area (Å²) >= 11 is 0. The zero-order valence-electron chi connectivity index (χ0n) is 20.1. The van der Waals surface area contributed by atoms with Crippen molar-refractivity contribution in [3.63, 3.8) is 0 Å². The number of aromatic nitrogens is 2. The Labute approximate surface area is 189 Å². The van der Waals surface area contributed by atoms with E-state index >= 15 is 0 Å². The van der Waals surface area contributed by atoms with E-state index in [0.717, 1.165) is 6.42 Å². The molecule has 1 fully saturated rings. The molecular weight excluding hydrogens is 414 g/mol. The third-order valence-electron chi connectivity index (χ3n) is 5.62. The summed E-state index contributed by atoms with van der Waals surface area (Å²) in [6, 6.07) is 0.736. The molecule has 3 amide bonds. The second-order valence-electron chi connectivity index (χ2n) is 10.3. The van der Waals surface area contributed by atoms with Crippen molar-refractivity contribution in [2.24, 2.45) is 12.5 Å². The average Bonchev–Trinajstić information content (AvgIpc) is 3.32. The lowest BCUT2D eigenvalue weighted by molar-refractivity contribution is -0.130. The molecule has 1 aromatic rings. The van der Waals surface area contributed by atoms with Gasteiger partial charge in [-0.15, -0.1) is 0 Å². The lowest BCUT2D eigenvalue weighted by atomic mass is 9.83. The van der Waals surface area contributed by atoms with Crippen molar-refractivity contribution in [2.45, 2.75) is 90.5 Å². The van der Waals surface area contributed by atoms with E-state index in [1.54, 1.807) is 40.1 Å². The highest BCUT2D eigenvalue weighted by Crippen LogP contribution is 2.39. The number of nitrogens with one attached hydrogen (secondary N) is 3. The van der Waals surface area contributed by atoms with E-state index in [0.29, 0.717) is 25.1 Å². The molecule has 180 valence electrons. The summed E-state index contributed by atoms with van der Waals surface area (Å²) in [5, 5.41) is 22.7. The topological polar surface area (TPSA) is 135 Å². The van der Waals surface area contributed by atoms with E-state index in [4.69, 9.17) is 4.74 Å². The molecule has 1 aliphatic carbocycles. The van der Waals surface area contributed by atoms with Gasteiger partial charge in [0.2, 0.25) is 5.91 Å². The number of aliphatic hydroxyl groups is 1. The normalized spacial score (nSPS) is 17.1. The van der Waals surface area contributed by atoms with Crippen LogP contribution in [0.4, 0.5) is 10.6 Å². The summed E-state index contributed by atoms with van der Waals surface area (Å²) in [7, 11) is 1.71. The molecule has 0 spiro atoms. The molecule has 1 aromatic heterocycles. The van der Waals surface area contributed by atoms with Crippen LogP contribution in [0, 0.1) is 5.41 Å². The lowest BCUT2D eigenvalue weighted by Gasteiger charge is -2.31. The van der Waals surface area contributed by atoms with Gasteiger partial charge in [-0.25, -0.2) is 4.79 Å². The Hall–Kier alpha value is -2.62. The minimum absolute atomic E-state index is 0.220. The molecule has 32 heavy (non-hydrogen) atoms. The summed E-state index contributed by atoms with van der Waals surface area (Å²) < 4.78 is 6.84. The van der Waals surface area contributed by atoms with Gasteiger partial charge in [0.05, 0.1) is 5.54 Å². The monoisotopic (exact) mass is 451 g/mol. The van der Waals surface area contributed by atoms with Crippen molar-refractivity contribution in [1.29, 1.82) is 0 Å². The molecule has 0 radical (unpaired) electrons. The minimum Gasteiger partial charge on any atom is -0.444 e. The van der Waals surface area contributed by atoms with Crippen LogP contribution in [0.25, 0.3) is 0 Å². The maximum absolute atomic E-state index is 13.1. The largest absolute Gasteiger partial charge is 0.444 e. The van der Waals surface area contributed by atoms with Crippen LogP contribution < -0.4 is 16.0 Å². The summed E-state index contributed by atoms with van der Waals surface area (Å²) in [6.07, 6.45) is 1.60. The number of anilines is 1. The number of rotatable bonds is 9. The van der Waals surface area contributed by atoms with Crippen molar-refractivity contribution >= 4 is 23.7 Å². The molecular formula is C22H37N5O5. The van der Waals surface area contributed by atoms with E-state index in [1.165, 1.54) is 4.68 Å². The van der Waals surface area contributed by atoms with Crippen LogP contribution in [0.1, 0.15) is 67.2 Å². The minimum atomic E-state index is -1.45. The first-order valence-corrected chi connectivity index (χ1v) is 11.0. The number of hydrogen-bond donors (Lipinski definition) is 4. The molecule has 0 aromatic carbocycles. The molecule has 1 saturated carbocycles. The van der Waals surface area contributed by atoms with E-state index in [2.05, 4.69) is 21.0 Å². The summed E-state index contributed by atoms with van der Waals surface area (Å²) in [6.45, 7) is 11.3. The van der Waals surface area contributed by atoms with Crippen molar-refractivity contribution in [1.82, 2.24) is 20.4 Å². The van der Waals surface area contributed by atoms with Gasteiger partial charge in [-0.2, -0.15) is 5.10 Å². The van der Waals surface area contributed by atoms with Gasteiger partial charge in [-0.05, 0) is 45.4 Å². The van der Waals surface area contributed by atoms with Crippen LogP contribution >= 0.6 is 0 Å². The van der Waals surface area contributed by atoms with Crippen molar-refractivity contribution < 1.29 is 24.2 Å². The molecule has 2 unspecified atom stereocenters. The SMILES string of the molecule is CCC(C)(C)CC(NC(=O)OC(C)(C)C)C(=O)NC1(C(O)C(=O)Nc2ccn(C)n2)CC1. The highest BCUT2D eigenvalue weighted by Gasteiger charge is 2.54. The second kappa shape index (κ2) is 9.48. The molecule has 0 bridgehead atoms. The molecule has 10 heteroatoms. The molecule has 1 heterocycles. The number of alkyl carbamates (subject to hydrolysis) is 1. The number of carbonyl (C=O) groups is 3. The zero-order valence-corrected chi connectivity index (χ0v) is 20.1. The molecule has 0 saturated heterocycles. The first-order valence-electron chi connectivity index (χ1n) is 11.0. The molecule has 10 nitrogen and oxygen atoms in total. The standard InChI is InChI=1S/C22H37N5O5/c1-8-21(5,6)13-14(23-19(31)32-20(2,3)4)17(29)25-22(10-11-22)16(28)18(30)24-15-9-12-27(7)26-15/h9,12,14,16,28H,8,10-11,13H2,1-7H3,(H,23,31)(H,25,29)(H,24,26,30). The highest BCUT2D eigenvalue weighted by atomic mass is 16.6. The van der Waals surface area contributed by atoms with Gasteiger partial charge in [-0.3, -0.25) is 14.3 Å². The molecule has 1 aliphatic rings. The molecule has 4 N–H and O–H groups in total. The Balaban J connectivity index is 2.09. The molecule has 2 rings (SSSR count). The van der Waals surface area contributed by atoms with Crippen molar-refractivity contribution in [3.8, 4) is 0 Å². The van der Waals surface area contributed by atoms with E-state index in [-0.39, 0.29) is 5.41 Å². The van der Waals surface area contributed by atoms with E-state index in [1.807, 2.05) is 20.8 Å². The number of aliphatic hydroxyl groups excluding tert-OH is 1. The smallest absolute Gasteiger partial charge is 0.408 e. The predicted octanol–water partition coefficient (Wildman–Crippen LogP) is 2.09. The summed E-state index contributed by atoms with van der Waals surface area (Å²) in [4.78, 5) is 38.0. The van der Waals surface area contributed by atoms with Crippen LogP contribution in [0.2, 0.25) is 0 Å². The Kier molecular flexibility index (Phi) is 7.59. The van der Waals surface area contributed by atoms with Gasteiger partial charge < -0.3 is 25.8 Å². The maximum Gasteiger partial charge on any atom is 0.408 e. The number of ether oxygens (including phenoxy) is 1. The van der Waals surface area contributed by atoms with E-state index in [9.17, 15) is 19.5 Å². The van der Waals surface area contributed by atoms with Gasteiger partial charge in [0.1, 0.15) is 11.6 Å². The Bertz CT molecular complexity index is 838. The van der Waals surface area contributed by atoms with Crippen molar-refractivity contribution in [2.75, 3.05) is 5.32 Å². The molecule has 2 atom stereocenters. The van der Waals surface area contributed by atoms with Crippen LogP contribution in [-0.4, -0.2) is 56.1 Å². The average molecular weight is 452 g/mol. The van der Waals surface area contributed by atoms with Crippen LogP contribution in [0.3, 0.4) is 0 Å². The number of amides is 3. The van der Waals surface area contributed by atoms with Gasteiger partial charge in [0.25, 0.3) is 5.91 Å². The number of carbonyl (C=O) groups excluding carboxylic acids is 3. The quantitative estimate of drug-likeness (QED) is 0.454. The first-order chi connectivity index (χ1) is 14.7. The maximum atomic E-state index is 13.1. The number of hydrogen-bond acceptors (Lipinski definition) is 6. The predicted molar refractivity (Wildman–Crippen MR) is 120 cm³/mol. The Morgan fingerprint density at radius 1 is 1.22 bits per heavy atom. The summed E-state index contributed by atoms with van der Waals surface area (Å²) in [5.74, 6) is -0.792. The second-order valence-corrected chi connectivity index (χ2v) is 10.3. The summed E-state index contributed by atoms with van der Waals surface area (Å²) in [5.41, 5.74) is -1.99. The third-order valence-corrected chi connectivity index (χ3v) is 5.62. The first kappa shape index (κ1) is 25.6. The van der Waals surface area contributed by atoms with Crippen LogP contribution in [0.15, 0.2) is 12.3 Å². The van der Waals surface area contributed by atoms with Crippen LogP contribution in [-0.2, 0) is 21.4 Å². The fourth-order valence-electron chi connectivity index (χ4n) is 3.22. The van der Waals surface area contributed by atoms with Gasteiger partial charge in [0, 0.05) is 19.3 Å². The van der Waals surface area contributed by atoms with Gasteiger partial charge >= 0.3 is 6.09 Å². The third kappa shape index (κ3) is 7.22. The number of aryl methyl sites for hydroxylation is 1. The van der Waals surface area contributed by atoms with Crippen molar-refractivity contribution in [3.05, 3.63) is 12.3 Å². The van der Waals surface area contributed by atoms with Crippen LogP contribution in [0.5, 0.6) is 0 Å². The lowest BCUT2D eigenvalue weighted by Crippen LogP contribution is -2.57. The zero-order chi connectivity index (χ0) is 24.3. The number of nitrogens with zero attached hydrogens (tertiary/aromatic N) is 2. The Morgan fingerprint density at radius 3 is 2.31 bits per heavy atom. The molecule has 0 aliphatic heterocycles. The fraction of sp³-hybridized carbons (Fsp3) is 0.727. The Morgan fingerprint density at radius 2 is 1.84 bits per heavy atom. The van der Waals surface area contributed by atoms with E-state index < -0.39 is 41.2 Å².